The quantitative estimate of drug-likeness (QED) is 0.402. The van der Waals surface area contributed by atoms with Crippen molar-refractivity contribution in [2.45, 2.75) is 33.4 Å². The zero-order chi connectivity index (χ0) is 24.7. The largest absolute Gasteiger partial charge is 0.383 e. The summed E-state index contributed by atoms with van der Waals surface area (Å²) in [6.45, 7) is 6.15. The van der Waals surface area contributed by atoms with Gasteiger partial charge in [0.05, 0.1) is 23.2 Å². The molecule has 2 aromatic carbocycles. The van der Waals surface area contributed by atoms with Gasteiger partial charge in [-0.3, -0.25) is 9.36 Å². The van der Waals surface area contributed by atoms with Gasteiger partial charge in [-0.15, -0.1) is 0 Å². The Morgan fingerprint density at radius 1 is 1.17 bits per heavy atom. The van der Waals surface area contributed by atoms with Gasteiger partial charge in [0.1, 0.15) is 30.1 Å². The molecule has 0 fully saturated rings. The number of aliphatic hydroxyl groups is 1. The summed E-state index contributed by atoms with van der Waals surface area (Å²) in [7, 11) is 0. The van der Waals surface area contributed by atoms with Crippen LogP contribution in [0, 0.1) is 25.7 Å². The van der Waals surface area contributed by atoms with Crippen molar-refractivity contribution in [1.29, 1.82) is 0 Å². The zero-order valence-electron chi connectivity index (χ0n) is 19.8. The number of pyridine rings is 1. The van der Waals surface area contributed by atoms with E-state index >= 15 is 0 Å². The van der Waals surface area contributed by atoms with Crippen LogP contribution in [0.4, 0.5) is 5.82 Å². The van der Waals surface area contributed by atoms with Gasteiger partial charge < -0.3 is 16.2 Å². The number of hydrogen-bond donors (Lipinski definition) is 3. The number of fused-ring (bicyclic) bond motifs is 2. The monoisotopic (exact) mass is 466 g/mol. The minimum atomic E-state index is -0.805. The van der Waals surface area contributed by atoms with Crippen molar-refractivity contribution < 1.29 is 5.11 Å². The predicted octanol–water partition coefficient (Wildman–Crippen LogP) is 2.67. The summed E-state index contributed by atoms with van der Waals surface area (Å²) in [5.41, 5.74) is 10.7. The van der Waals surface area contributed by atoms with Crippen molar-refractivity contribution in [3.63, 3.8) is 0 Å². The third-order valence-electron chi connectivity index (χ3n) is 6.10. The molecule has 0 saturated carbocycles. The van der Waals surface area contributed by atoms with Crippen molar-refractivity contribution in [3.05, 3.63) is 87.0 Å². The molecule has 0 aliphatic carbocycles. The molecule has 4 aromatic rings. The molecule has 0 amide bonds. The van der Waals surface area contributed by atoms with Gasteiger partial charge in [-0.25, -0.2) is 9.67 Å². The number of aliphatic hydroxyl groups excluding tert-OH is 1. The highest BCUT2D eigenvalue weighted by molar-refractivity contribution is 6.04. The van der Waals surface area contributed by atoms with Crippen LogP contribution in [-0.4, -0.2) is 38.1 Å². The fourth-order valence-electron chi connectivity index (χ4n) is 4.47. The fourth-order valence-corrected chi connectivity index (χ4v) is 4.47. The summed E-state index contributed by atoms with van der Waals surface area (Å²) in [6.07, 6.45) is -0.805. The number of rotatable bonds is 3. The lowest BCUT2D eigenvalue weighted by Gasteiger charge is -2.19. The highest BCUT2D eigenvalue weighted by Gasteiger charge is 2.24. The molecule has 1 atom stereocenters. The first-order valence-corrected chi connectivity index (χ1v) is 11.4. The molecule has 3 heterocycles. The molecule has 0 bridgehead atoms. The Morgan fingerprint density at radius 3 is 2.71 bits per heavy atom. The number of amidine groups is 1. The molecule has 0 radical (unpaired) electrons. The minimum Gasteiger partial charge on any atom is -0.383 e. The minimum absolute atomic E-state index is 0.0749. The van der Waals surface area contributed by atoms with Gasteiger partial charge in [0.2, 0.25) is 0 Å². The molecular formula is C27H26N6O2. The first-order chi connectivity index (χ1) is 16.8. The van der Waals surface area contributed by atoms with Crippen LogP contribution in [0.15, 0.2) is 58.3 Å². The van der Waals surface area contributed by atoms with Crippen molar-refractivity contribution in [3.8, 4) is 17.5 Å². The van der Waals surface area contributed by atoms with E-state index in [-0.39, 0.29) is 5.56 Å². The summed E-state index contributed by atoms with van der Waals surface area (Å²) in [4.78, 5) is 18.1. The lowest BCUT2D eigenvalue weighted by molar-refractivity contribution is 0.253. The van der Waals surface area contributed by atoms with Crippen LogP contribution < -0.4 is 16.6 Å². The van der Waals surface area contributed by atoms with E-state index < -0.39 is 6.10 Å². The first-order valence-electron chi connectivity index (χ1n) is 11.4. The number of aryl methyl sites for hydroxylation is 2. The average Bonchev–Trinajstić information content (AvgIpc) is 3.17. The van der Waals surface area contributed by atoms with Crippen LogP contribution in [0.1, 0.15) is 35.0 Å². The van der Waals surface area contributed by atoms with Gasteiger partial charge in [-0.2, -0.15) is 5.10 Å². The SMILES string of the molecule is Cc1ccccc1-n1c(Cn2nc(C#C[C@H](C)O)c3c2NCN=C3N)cc2cccc(C)c2c1=O. The fraction of sp³-hybridized carbons (Fsp3) is 0.222. The number of nitrogens with zero attached hydrogens (tertiary/aromatic N) is 4. The Bertz CT molecular complexity index is 1610. The molecule has 176 valence electrons. The Kier molecular flexibility index (Phi) is 5.63. The zero-order valence-corrected chi connectivity index (χ0v) is 19.8. The Balaban J connectivity index is 1.75. The molecule has 2 aromatic heterocycles. The molecular weight excluding hydrogens is 440 g/mol. The van der Waals surface area contributed by atoms with Gasteiger partial charge in [0.25, 0.3) is 5.56 Å². The number of aliphatic imine (C=N–C) groups is 1. The van der Waals surface area contributed by atoms with Crippen molar-refractivity contribution in [2.24, 2.45) is 10.7 Å². The van der Waals surface area contributed by atoms with E-state index in [0.29, 0.717) is 41.5 Å². The topological polar surface area (TPSA) is 110 Å². The van der Waals surface area contributed by atoms with E-state index in [9.17, 15) is 9.90 Å². The number of nitrogens with two attached hydrogens (primary N) is 1. The Hall–Kier alpha value is -4.35. The molecule has 1 aliphatic rings. The standard InChI is InChI=1S/C27H26N6O2/c1-16-7-4-5-10-22(16)33-20(13-19-9-6-8-17(2)23(19)27(33)35)14-32-26-24(25(28)29-15-30-26)21(31-32)12-11-18(3)34/h4-10,13,18,30,34H,14-15H2,1-3H3,(H2,28,29)/t18-/m0/s1. The average molecular weight is 467 g/mol. The van der Waals surface area contributed by atoms with Crippen LogP contribution >= 0.6 is 0 Å². The normalized spacial score (nSPS) is 13.4. The molecule has 0 saturated heterocycles. The third-order valence-corrected chi connectivity index (χ3v) is 6.10. The van der Waals surface area contributed by atoms with E-state index in [1.807, 2.05) is 62.4 Å². The summed E-state index contributed by atoms with van der Waals surface area (Å²) >= 11 is 0. The molecule has 8 heteroatoms. The highest BCUT2D eigenvalue weighted by Crippen LogP contribution is 2.26. The third kappa shape index (κ3) is 3.96. The number of para-hydroxylation sites is 1. The molecule has 35 heavy (non-hydrogen) atoms. The van der Waals surface area contributed by atoms with Crippen LogP contribution in [-0.2, 0) is 6.54 Å². The summed E-state index contributed by atoms with van der Waals surface area (Å²) in [5.74, 6) is 6.66. The second-order valence-electron chi connectivity index (χ2n) is 8.66. The number of benzene rings is 2. The van der Waals surface area contributed by atoms with E-state index in [1.54, 1.807) is 16.2 Å². The lowest BCUT2D eigenvalue weighted by atomic mass is 10.1. The molecule has 0 spiro atoms. The lowest BCUT2D eigenvalue weighted by Crippen LogP contribution is -2.26. The van der Waals surface area contributed by atoms with Crippen LogP contribution in [0.3, 0.4) is 0 Å². The van der Waals surface area contributed by atoms with Crippen molar-refractivity contribution >= 4 is 22.4 Å². The molecule has 4 N–H and O–H groups in total. The van der Waals surface area contributed by atoms with E-state index in [4.69, 9.17) is 5.73 Å². The van der Waals surface area contributed by atoms with Crippen LogP contribution in [0.2, 0.25) is 0 Å². The Labute approximate surface area is 202 Å². The van der Waals surface area contributed by atoms with Gasteiger partial charge in [-0.1, -0.05) is 42.3 Å². The van der Waals surface area contributed by atoms with Gasteiger partial charge in [0, 0.05) is 5.69 Å². The van der Waals surface area contributed by atoms with Gasteiger partial charge >= 0.3 is 0 Å². The van der Waals surface area contributed by atoms with E-state index in [1.165, 1.54) is 0 Å². The molecule has 8 nitrogen and oxygen atoms in total. The van der Waals surface area contributed by atoms with E-state index in [2.05, 4.69) is 27.2 Å². The number of aromatic nitrogens is 3. The second-order valence-corrected chi connectivity index (χ2v) is 8.66. The van der Waals surface area contributed by atoms with Crippen molar-refractivity contribution in [2.75, 3.05) is 12.0 Å². The van der Waals surface area contributed by atoms with Gasteiger partial charge in [-0.05, 0) is 55.3 Å². The molecule has 0 unspecified atom stereocenters. The number of anilines is 1. The number of nitrogens with one attached hydrogen (secondary N) is 1. The Morgan fingerprint density at radius 2 is 1.94 bits per heavy atom. The maximum atomic E-state index is 13.9. The summed E-state index contributed by atoms with van der Waals surface area (Å²) in [6, 6.07) is 15.7. The maximum absolute atomic E-state index is 13.9. The predicted molar refractivity (Wildman–Crippen MR) is 138 cm³/mol. The van der Waals surface area contributed by atoms with E-state index in [0.717, 1.165) is 27.9 Å². The summed E-state index contributed by atoms with van der Waals surface area (Å²) in [5, 5.41) is 19.1. The maximum Gasteiger partial charge on any atom is 0.263 e. The smallest absolute Gasteiger partial charge is 0.263 e. The van der Waals surface area contributed by atoms with Gasteiger partial charge in [0.15, 0.2) is 0 Å². The molecule has 5 rings (SSSR count). The van der Waals surface area contributed by atoms with Crippen molar-refractivity contribution in [1.82, 2.24) is 14.3 Å². The number of hydrogen-bond acceptors (Lipinski definition) is 6. The molecule has 1 aliphatic heterocycles. The first kappa shape index (κ1) is 22.4. The van der Waals surface area contributed by atoms with Crippen LogP contribution in [0.5, 0.6) is 0 Å². The van der Waals surface area contributed by atoms with Crippen LogP contribution in [0.25, 0.3) is 16.5 Å². The second kappa shape index (κ2) is 8.78. The highest BCUT2D eigenvalue weighted by atomic mass is 16.3. The summed E-state index contributed by atoms with van der Waals surface area (Å²) < 4.78 is 3.52.